The third-order valence-electron chi connectivity index (χ3n) is 4.43. The Morgan fingerprint density at radius 2 is 1.64 bits per heavy atom. The van der Waals surface area contributed by atoms with Crippen LogP contribution in [0.2, 0.25) is 0 Å². The molecule has 0 aromatic rings. The van der Waals surface area contributed by atoms with Crippen LogP contribution in [0.15, 0.2) is 0 Å². The highest BCUT2D eigenvalue weighted by molar-refractivity contribution is 5.85. The van der Waals surface area contributed by atoms with Crippen LogP contribution in [0.1, 0.15) is 38.5 Å². The van der Waals surface area contributed by atoms with Crippen molar-refractivity contribution in [2.45, 2.75) is 50.2 Å². The van der Waals surface area contributed by atoms with E-state index in [-0.39, 0.29) is 17.9 Å². The number of hydrogen-bond donors (Lipinski definition) is 1. The fourth-order valence-corrected chi connectivity index (χ4v) is 4.22. The fourth-order valence-electron chi connectivity index (χ4n) is 4.22. The number of nitrogens with two attached hydrogens (primary N) is 1. The summed E-state index contributed by atoms with van der Waals surface area (Å²) in [4.78, 5) is 0. The molecule has 5 atom stereocenters. The number of halogens is 2. The van der Waals surface area contributed by atoms with Crippen LogP contribution in [0.25, 0.3) is 0 Å². The second-order valence-electron chi connectivity index (χ2n) is 5.69. The molecule has 0 spiro atoms. The first-order valence-corrected chi connectivity index (χ1v) is 5.58. The van der Waals surface area contributed by atoms with E-state index >= 15 is 0 Å². The van der Waals surface area contributed by atoms with Crippen molar-refractivity contribution in [1.82, 2.24) is 0 Å². The average Bonchev–Trinajstić information content (AvgIpc) is 2.12. The molecule has 4 aliphatic carbocycles. The minimum absolute atomic E-state index is 0. The van der Waals surface area contributed by atoms with Crippen LogP contribution in [0, 0.1) is 17.8 Å². The van der Waals surface area contributed by atoms with Crippen molar-refractivity contribution in [2.24, 2.45) is 23.5 Å². The van der Waals surface area contributed by atoms with E-state index in [0.717, 1.165) is 31.6 Å². The summed E-state index contributed by atoms with van der Waals surface area (Å²) < 4.78 is 13.7. The van der Waals surface area contributed by atoms with Gasteiger partial charge < -0.3 is 5.73 Å². The monoisotopic (exact) mass is 219 g/mol. The van der Waals surface area contributed by atoms with Crippen molar-refractivity contribution in [1.29, 1.82) is 0 Å². The maximum absolute atomic E-state index is 13.7. The molecule has 3 heteroatoms. The zero-order valence-corrected chi connectivity index (χ0v) is 9.23. The third kappa shape index (κ3) is 1.57. The number of rotatable bonds is 0. The fraction of sp³-hybridized carbons (Fsp3) is 1.00. The van der Waals surface area contributed by atoms with Gasteiger partial charge in [0.15, 0.2) is 0 Å². The number of fused-ring (bicyclic) bond motifs is 1. The van der Waals surface area contributed by atoms with E-state index in [1.807, 2.05) is 0 Å². The van der Waals surface area contributed by atoms with Crippen molar-refractivity contribution in [2.75, 3.05) is 0 Å². The summed E-state index contributed by atoms with van der Waals surface area (Å²) in [7, 11) is 0. The van der Waals surface area contributed by atoms with Crippen molar-refractivity contribution in [3.63, 3.8) is 0 Å². The molecule has 4 fully saturated rings. The first-order chi connectivity index (χ1) is 6.15. The molecular formula is C11H19ClFN. The molecule has 1 nitrogen and oxygen atoms in total. The van der Waals surface area contributed by atoms with Crippen molar-refractivity contribution in [3.05, 3.63) is 0 Å². The van der Waals surface area contributed by atoms with Gasteiger partial charge in [0.2, 0.25) is 0 Å². The largest absolute Gasteiger partial charge is 0.325 e. The molecule has 0 saturated heterocycles. The molecule has 14 heavy (non-hydrogen) atoms. The SMILES string of the molecule is Cl.N[C@@]12C[C@@H]3C[C@@H](C[C@@H](F)[C@@H](C3)C1)C2. The summed E-state index contributed by atoms with van der Waals surface area (Å²) >= 11 is 0. The van der Waals surface area contributed by atoms with Gasteiger partial charge in [-0.05, 0) is 56.3 Å². The predicted octanol–water partition coefficient (Wildman–Crippen LogP) is 2.67. The van der Waals surface area contributed by atoms with Crippen LogP contribution < -0.4 is 5.73 Å². The van der Waals surface area contributed by atoms with Gasteiger partial charge in [-0.25, -0.2) is 4.39 Å². The molecule has 0 aliphatic heterocycles. The maximum atomic E-state index is 13.7. The smallest absolute Gasteiger partial charge is 0.103 e. The molecule has 0 heterocycles. The topological polar surface area (TPSA) is 26.0 Å². The van der Waals surface area contributed by atoms with Gasteiger partial charge in [0.25, 0.3) is 0 Å². The summed E-state index contributed by atoms with van der Waals surface area (Å²) in [5.41, 5.74) is 6.34. The summed E-state index contributed by atoms with van der Waals surface area (Å²) in [6, 6.07) is 0. The van der Waals surface area contributed by atoms with E-state index in [9.17, 15) is 4.39 Å². The van der Waals surface area contributed by atoms with Gasteiger partial charge in [0, 0.05) is 5.54 Å². The highest BCUT2D eigenvalue weighted by Gasteiger charge is 2.49. The van der Waals surface area contributed by atoms with Gasteiger partial charge in [-0.15, -0.1) is 12.4 Å². The van der Waals surface area contributed by atoms with Crippen LogP contribution >= 0.6 is 12.4 Å². The molecule has 4 bridgehead atoms. The van der Waals surface area contributed by atoms with Gasteiger partial charge in [0.05, 0.1) is 0 Å². The lowest BCUT2D eigenvalue weighted by molar-refractivity contribution is 0.0902. The number of alkyl halides is 1. The molecule has 0 amide bonds. The molecule has 4 saturated carbocycles. The van der Waals surface area contributed by atoms with Gasteiger partial charge in [-0.1, -0.05) is 0 Å². The lowest BCUT2D eigenvalue weighted by Gasteiger charge is -2.45. The average molecular weight is 220 g/mol. The van der Waals surface area contributed by atoms with Crippen molar-refractivity contribution >= 4 is 12.4 Å². The van der Waals surface area contributed by atoms with Gasteiger partial charge in [-0.2, -0.15) is 0 Å². The quantitative estimate of drug-likeness (QED) is 0.666. The second kappa shape index (κ2) is 3.34. The molecule has 0 aromatic carbocycles. The molecule has 0 unspecified atom stereocenters. The molecular weight excluding hydrogens is 201 g/mol. The Bertz CT molecular complexity index is 235. The molecule has 82 valence electrons. The van der Waals surface area contributed by atoms with Crippen LogP contribution in [-0.4, -0.2) is 11.7 Å². The highest BCUT2D eigenvalue weighted by atomic mass is 35.5. The zero-order chi connectivity index (χ0) is 9.05. The van der Waals surface area contributed by atoms with E-state index in [0.29, 0.717) is 11.8 Å². The minimum atomic E-state index is -0.541. The Labute approximate surface area is 91.0 Å². The highest BCUT2D eigenvalue weighted by Crippen LogP contribution is 2.52. The molecule has 0 radical (unpaired) electrons. The first-order valence-electron chi connectivity index (χ1n) is 5.58. The Morgan fingerprint density at radius 1 is 1.00 bits per heavy atom. The predicted molar refractivity (Wildman–Crippen MR) is 57.2 cm³/mol. The van der Waals surface area contributed by atoms with E-state index < -0.39 is 6.17 Å². The lowest BCUT2D eigenvalue weighted by atomic mass is 9.63. The maximum Gasteiger partial charge on any atom is 0.103 e. The van der Waals surface area contributed by atoms with E-state index in [2.05, 4.69) is 0 Å². The Morgan fingerprint density at radius 3 is 2.29 bits per heavy atom. The van der Waals surface area contributed by atoms with Crippen molar-refractivity contribution < 1.29 is 4.39 Å². The van der Waals surface area contributed by atoms with E-state index in [4.69, 9.17) is 5.73 Å². The first kappa shape index (κ1) is 10.7. The zero-order valence-electron chi connectivity index (χ0n) is 8.42. The standard InChI is InChI=1S/C11H18FN.ClH/c12-10-3-8-1-7-2-9(10)6-11(13,4-7)5-8;/h7-10H,1-6,13H2;1H/t7-,8+,9+,10-,11-;/m1./s1. The lowest BCUT2D eigenvalue weighted by Crippen LogP contribution is -2.50. The Hall–Kier alpha value is 0.180. The summed E-state index contributed by atoms with van der Waals surface area (Å²) in [5, 5.41) is 0. The molecule has 4 aliphatic rings. The Kier molecular flexibility index (Phi) is 2.55. The second-order valence-corrected chi connectivity index (χ2v) is 5.69. The summed E-state index contributed by atoms with van der Waals surface area (Å²) in [5.74, 6) is 1.66. The van der Waals surface area contributed by atoms with Crippen LogP contribution in [0.3, 0.4) is 0 Å². The summed E-state index contributed by atoms with van der Waals surface area (Å²) in [6.07, 6.45) is 5.88. The van der Waals surface area contributed by atoms with Crippen LogP contribution in [0.4, 0.5) is 4.39 Å². The van der Waals surface area contributed by atoms with E-state index in [1.54, 1.807) is 0 Å². The Balaban J connectivity index is 0.000000750. The normalized spacial score (nSPS) is 55.3. The van der Waals surface area contributed by atoms with E-state index in [1.165, 1.54) is 12.8 Å². The third-order valence-corrected chi connectivity index (χ3v) is 4.43. The van der Waals surface area contributed by atoms with Crippen LogP contribution in [0.5, 0.6) is 0 Å². The summed E-state index contributed by atoms with van der Waals surface area (Å²) in [6.45, 7) is 0. The number of hydrogen-bond acceptors (Lipinski definition) is 1. The van der Waals surface area contributed by atoms with Gasteiger partial charge in [-0.3, -0.25) is 0 Å². The van der Waals surface area contributed by atoms with Gasteiger partial charge in [0.1, 0.15) is 6.17 Å². The van der Waals surface area contributed by atoms with Crippen molar-refractivity contribution in [3.8, 4) is 0 Å². The minimum Gasteiger partial charge on any atom is -0.325 e. The van der Waals surface area contributed by atoms with Gasteiger partial charge >= 0.3 is 0 Å². The molecule has 4 rings (SSSR count). The molecule has 0 aromatic heterocycles. The molecule has 2 N–H and O–H groups in total. The van der Waals surface area contributed by atoms with Crippen LogP contribution in [-0.2, 0) is 0 Å².